The van der Waals surface area contributed by atoms with Crippen molar-refractivity contribution in [3.63, 3.8) is 0 Å². The molecule has 0 saturated carbocycles. The maximum absolute atomic E-state index is 13.3. The van der Waals surface area contributed by atoms with Crippen molar-refractivity contribution < 1.29 is 19.0 Å². The number of nitrogens with one attached hydrogen (secondary N) is 1. The summed E-state index contributed by atoms with van der Waals surface area (Å²) in [5.74, 6) is 1.41. The molecule has 1 amide bonds. The molecule has 2 aromatic carbocycles. The summed E-state index contributed by atoms with van der Waals surface area (Å²) in [5, 5.41) is 3.18. The minimum Gasteiger partial charge on any atom is -0.490 e. The van der Waals surface area contributed by atoms with Gasteiger partial charge in [0.15, 0.2) is 11.5 Å². The average molecular weight is 499 g/mol. The van der Waals surface area contributed by atoms with E-state index in [4.69, 9.17) is 14.2 Å². The van der Waals surface area contributed by atoms with E-state index in [0.717, 1.165) is 31.9 Å². The number of benzene rings is 2. The number of rotatable bonds is 12. The zero-order chi connectivity index (χ0) is 26.1. The second kappa shape index (κ2) is 13.4. The summed E-state index contributed by atoms with van der Waals surface area (Å²) in [6.07, 6.45) is 0. The van der Waals surface area contributed by atoms with Crippen molar-refractivity contribution in [2.24, 2.45) is 0 Å². The lowest BCUT2D eigenvalue weighted by atomic mass is 10.0. The fourth-order valence-electron chi connectivity index (χ4n) is 4.40. The van der Waals surface area contributed by atoms with Crippen LogP contribution >= 0.6 is 0 Å². The predicted molar refractivity (Wildman–Crippen MR) is 145 cm³/mol. The van der Waals surface area contributed by atoms with Crippen LogP contribution in [0.3, 0.4) is 0 Å². The van der Waals surface area contributed by atoms with Crippen molar-refractivity contribution in [2.75, 3.05) is 78.6 Å². The molecule has 0 unspecified atom stereocenters. The summed E-state index contributed by atoms with van der Waals surface area (Å²) in [5.41, 5.74) is 2.84. The Bertz CT molecular complexity index is 945. The molecule has 198 valence electrons. The van der Waals surface area contributed by atoms with Gasteiger partial charge in [-0.25, -0.2) is 0 Å². The number of hydrogen-bond acceptors (Lipinski definition) is 7. The monoisotopic (exact) mass is 498 g/mol. The Balaban J connectivity index is 1.83. The summed E-state index contributed by atoms with van der Waals surface area (Å²) < 4.78 is 17.4. The molecule has 36 heavy (non-hydrogen) atoms. The number of piperazine rings is 1. The lowest BCUT2D eigenvalue weighted by Crippen LogP contribution is -2.48. The second-order valence-corrected chi connectivity index (χ2v) is 9.15. The van der Waals surface area contributed by atoms with Crippen molar-refractivity contribution in [2.45, 2.75) is 26.8 Å². The molecule has 1 saturated heterocycles. The van der Waals surface area contributed by atoms with Crippen molar-refractivity contribution in [3.8, 4) is 17.2 Å². The van der Waals surface area contributed by atoms with E-state index in [-0.39, 0.29) is 11.9 Å². The molecular formula is C28H42N4O4. The van der Waals surface area contributed by atoms with Crippen LogP contribution < -0.4 is 24.4 Å². The van der Waals surface area contributed by atoms with Gasteiger partial charge in [0.2, 0.25) is 5.75 Å². The van der Waals surface area contributed by atoms with Crippen molar-refractivity contribution in [1.82, 2.24) is 15.1 Å². The SMILES string of the molecule is CCOc1cc(C(=O)NC[C@H](c2ccc(N(C)C)cc2)N2CCN(C)CC2)cc(OCC)c1OCC. The Labute approximate surface area is 216 Å². The molecular weight excluding hydrogens is 456 g/mol. The molecule has 0 aromatic heterocycles. The maximum Gasteiger partial charge on any atom is 0.251 e. The van der Waals surface area contributed by atoms with Crippen LogP contribution in [0.5, 0.6) is 17.2 Å². The van der Waals surface area contributed by atoms with E-state index < -0.39 is 0 Å². The zero-order valence-electron chi connectivity index (χ0n) is 22.7. The summed E-state index contributed by atoms with van der Waals surface area (Å²) in [6, 6.07) is 12.2. The quantitative estimate of drug-likeness (QED) is 0.479. The van der Waals surface area contributed by atoms with Crippen LogP contribution in [0.4, 0.5) is 5.69 Å². The number of ether oxygens (including phenoxy) is 3. The smallest absolute Gasteiger partial charge is 0.251 e. The van der Waals surface area contributed by atoms with Gasteiger partial charge in [-0.2, -0.15) is 0 Å². The largest absolute Gasteiger partial charge is 0.490 e. The summed E-state index contributed by atoms with van der Waals surface area (Å²) in [4.78, 5) is 20.2. The number of carbonyl (C=O) groups is 1. The van der Waals surface area contributed by atoms with E-state index in [1.54, 1.807) is 12.1 Å². The number of amides is 1. The van der Waals surface area contributed by atoms with Crippen LogP contribution in [0, 0.1) is 0 Å². The molecule has 8 heteroatoms. The molecule has 1 aliphatic rings. The van der Waals surface area contributed by atoms with Crippen LogP contribution in [-0.2, 0) is 0 Å². The lowest BCUT2D eigenvalue weighted by Gasteiger charge is -2.38. The van der Waals surface area contributed by atoms with Crippen LogP contribution in [0.25, 0.3) is 0 Å². The first-order valence-corrected chi connectivity index (χ1v) is 12.9. The highest BCUT2D eigenvalue weighted by molar-refractivity contribution is 5.95. The molecule has 3 rings (SSSR count). The van der Waals surface area contributed by atoms with E-state index in [1.807, 2.05) is 34.9 Å². The van der Waals surface area contributed by atoms with Crippen LogP contribution in [0.2, 0.25) is 0 Å². The van der Waals surface area contributed by atoms with Crippen LogP contribution in [0.15, 0.2) is 36.4 Å². The number of likely N-dealkylation sites (N-methyl/N-ethyl adjacent to an activating group) is 1. The van der Waals surface area contributed by atoms with E-state index in [1.165, 1.54) is 5.56 Å². The molecule has 1 atom stereocenters. The fourth-order valence-corrected chi connectivity index (χ4v) is 4.40. The van der Waals surface area contributed by atoms with E-state index >= 15 is 0 Å². The van der Waals surface area contributed by atoms with Crippen molar-refractivity contribution in [1.29, 1.82) is 0 Å². The summed E-state index contributed by atoms with van der Waals surface area (Å²) in [6.45, 7) is 11.6. The Morgan fingerprint density at radius 2 is 1.47 bits per heavy atom. The molecule has 0 aliphatic carbocycles. The third kappa shape index (κ3) is 7.04. The maximum atomic E-state index is 13.3. The van der Waals surface area contributed by atoms with Gasteiger partial charge in [-0.15, -0.1) is 0 Å². The third-order valence-electron chi connectivity index (χ3n) is 6.40. The number of nitrogens with zero attached hydrogens (tertiary/aromatic N) is 3. The van der Waals surface area contributed by atoms with Gasteiger partial charge < -0.3 is 29.3 Å². The summed E-state index contributed by atoms with van der Waals surface area (Å²) in [7, 11) is 6.23. The van der Waals surface area contributed by atoms with Gasteiger partial charge in [0, 0.05) is 58.1 Å². The van der Waals surface area contributed by atoms with E-state index in [0.29, 0.717) is 49.2 Å². The van der Waals surface area contributed by atoms with Crippen LogP contribution in [-0.4, -0.2) is 89.4 Å². The first kappa shape index (κ1) is 27.6. The fraction of sp³-hybridized carbons (Fsp3) is 0.536. The minimum atomic E-state index is -0.163. The molecule has 8 nitrogen and oxygen atoms in total. The van der Waals surface area contributed by atoms with Crippen molar-refractivity contribution in [3.05, 3.63) is 47.5 Å². The number of hydrogen-bond donors (Lipinski definition) is 1. The van der Waals surface area contributed by atoms with E-state index in [9.17, 15) is 4.79 Å². The van der Waals surface area contributed by atoms with Gasteiger partial charge in [0.25, 0.3) is 5.91 Å². The lowest BCUT2D eigenvalue weighted by molar-refractivity contribution is 0.0885. The molecule has 0 bridgehead atoms. The van der Waals surface area contributed by atoms with Gasteiger partial charge in [0.05, 0.1) is 25.9 Å². The normalized spacial score (nSPS) is 15.3. The van der Waals surface area contributed by atoms with Crippen LogP contribution in [0.1, 0.15) is 42.7 Å². The van der Waals surface area contributed by atoms with Crippen molar-refractivity contribution >= 4 is 11.6 Å². The highest BCUT2D eigenvalue weighted by Gasteiger charge is 2.25. The minimum absolute atomic E-state index is 0.0827. The first-order valence-electron chi connectivity index (χ1n) is 12.9. The molecule has 2 aromatic rings. The molecule has 0 radical (unpaired) electrons. The molecule has 1 fully saturated rings. The molecule has 1 aliphatic heterocycles. The third-order valence-corrected chi connectivity index (χ3v) is 6.40. The van der Waals surface area contributed by atoms with Gasteiger partial charge in [-0.3, -0.25) is 9.69 Å². The van der Waals surface area contributed by atoms with Gasteiger partial charge in [-0.1, -0.05) is 12.1 Å². The number of carbonyl (C=O) groups excluding carboxylic acids is 1. The topological polar surface area (TPSA) is 66.5 Å². The Morgan fingerprint density at radius 1 is 0.917 bits per heavy atom. The van der Waals surface area contributed by atoms with E-state index in [2.05, 4.69) is 51.3 Å². The highest BCUT2D eigenvalue weighted by atomic mass is 16.5. The zero-order valence-corrected chi connectivity index (χ0v) is 22.7. The predicted octanol–water partition coefficient (Wildman–Crippen LogP) is 3.67. The molecule has 0 spiro atoms. The first-order chi connectivity index (χ1) is 17.4. The standard InChI is InChI=1S/C28H42N4O4/c1-7-34-25-18-22(19-26(35-8-2)27(25)36-9-3)28(33)29-20-24(32-16-14-31(6)15-17-32)21-10-12-23(13-11-21)30(4)5/h10-13,18-19,24H,7-9,14-17,20H2,1-6H3,(H,29,33)/t24-/m1/s1. The summed E-state index contributed by atoms with van der Waals surface area (Å²) >= 11 is 0. The Hall–Kier alpha value is -2.97. The van der Waals surface area contributed by atoms with Gasteiger partial charge in [-0.05, 0) is 57.6 Å². The second-order valence-electron chi connectivity index (χ2n) is 9.15. The van der Waals surface area contributed by atoms with Gasteiger partial charge >= 0.3 is 0 Å². The number of anilines is 1. The Morgan fingerprint density at radius 3 is 1.97 bits per heavy atom. The Kier molecular flexibility index (Phi) is 10.3. The van der Waals surface area contributed by atoms with Gasteiger partial charge in [0.1, 0.15) is 0 Å². The molecule has 1 N–H and O–H groups in total. The average Bonchev–Trinajstić information content (AvgIpc) is 2.87. The molecule has 1 heterocycles. The highest BCUT2D eigenvalue weighted by Crippen LogP contribution is 2.39.